The van der Waals surface area contributed by atoms with Crippen molar-refractivity contribution in [1.29, 1.82) is 0 Å². The van der Waals surface area contributed by atoms with Crippen LogP contribution in [-0.4, -0.2) is 24.0 Å². The van der Waals surface area contributed by atoms with Crippen molar-refractivity contribution in [2.45, 2.75) is 19.4 Å². The highest BCUT2D eigenvalue weighted by molar-refractivity contribution is 6.31. The van der Waals surface area contributed by atoms with E-state index in [1.165, 1.54) is 4.90 Å². The molecule has 1 N–H and O–H groups in total. The fourth-order valence-corrected chi connectivity index (χ4v) is 3.17. The zero-order chi connectivity index (χ0) is 19.6. The summed E-state index contributed by atoms with van der Waals surface area (Å²) >= 11 is 11.9. The second kappa shape index (κ2) is 7.62. The van der Waals surface area contributed by atoms with Gasteiger partial charge in [0.05, 0.1) is 6.61 Å². The number of rotatable bonds is 5. The molecular weight excluding hydrogens is 387 g/mol. The topological polar surface area (TPSA) is 58.6 Å². The molecule has 0 radical (unpaired) electrons. The first-order valence-corrected chi connectivity index (χ1v) is 9.13. The molecule has 2 aromatic rings. The van der Waals surface area contributed by atoms with Gasteiger partial charge < -0.3 is 10.1 Å². The molecule has 1 heterocycles. The third kappa shape index (κ3) is 3.80. The maximum absolute atomic E-state index is 13.1. The number of halogens is 2. The molecule has 1 atom stereocenters. The molecule has 2 aromatic carbocycles. The average molecular weight is 405 g/mol. The van der Waals surface area contributed by atoms with Gasteiger partial charge in [-0.25, -0.2) is 4.79 Å². The predicted molar refractivity (Wildman–Crippen MR) is 107 cm³/mol. The zero-order valence-electron chi connectivity index (χ0n) is 14.8. The molecule has 0 saturated carbocycles. The maximum Gasteiger partial charge on any atom is 0.336 e. The Balaban J connectivity index is 1.99. The van der Waals surface area contributed by atoms with Crippen LogP contribution in [0.1, 0.15) is 13.8 Å². The lowest BCUT2D eigenvalue weighted by Gasteiger charge is -2.32. The molecule has 0 spiro atoms. The molecule has 7 heteroatoms. The second-order valence-corrected chi connectivity index (χ2v) is 7.05. The summed E-state index contributed by atoms with van der Waals surface area (Å²) in [6.07, 6.45) is 1.58. The van der Waals surface area contributed by atoms with Gasteiger partial charge in [0.1, 0.15) is 5.70 Å². The van der Waals surface area contributed by atoms with E-state index in [-0.39, 0.29) is 18.2 Å². The minimum absolute atomic E-state index is 0.213. The smallest absolute Gasteiger partial charge is 0.336 e. The first kappa shape index (κ1) is 19.3. The Morgan fingerprint density at radius 3 is 2.19 bits per heavy atom. The zero-order valence-corrected chi connectivity index (χ0v) is 16.3. The fraction of sp³-hybridized carbons (Fsp3) is 0.200. The van der Waals surface area contributed by atoms with Crippen molar-refractivity contribution in [2.24, 2.45) is 0 Å². The lowest BCUT2D eigenvalue weighted by molar-refractivity contribution is -0.147. The highest BCUT2D eigenvalue weighted by Crippen LogP contribution is 2.35. The molecule has 140 valence electrons. The highest BCUT2D eigenvalue weighted by Gasteiger charge is 2.49. The summed E-state index contributed by atoms with van der Waals surface area (Å²) in [6.45, 7) is 3.58. The Hall–Kier alpha value is -2.50. The number of carbonyl (C=O) groups excluding carboxylic acids is 2. The Kier molecular flexibility index (Phi) is 5.44. The van der Waals surface area contributed by atoms with Gasteiger partial charge in [0.15, 0.2) is 5.54 Å². The molecule has 1 aliphatic rings. The van der Waals surface area contributed by atoms with E-state index in [0.29, 0.717) is 21.4 Å². The number of carbonyl (C=O) groups is 2. The number of hydrogen-bond donors (Lipinski definition) is 1. The summed E-state index contributed by atoms with van der Waals surface area (Å²) in [5.74, 6) is -0.857. The Morgan fingerprint density at radius 1 is 1.07 bits per heavy atom. The van der Waals surface area contributed by atoms with E-state index in [1.807, 2.05) is 0 Å². The van der Waals surface area contributed by atoms with Gasteiger partial charge in [0.25, 0.3) is 5.91 Å². The Bertz CT molecular complexity index is 894. The minimum atomic E-state index is -1.28. The number of esters is 1. The summed E-state index contributed by atoms with van der Waals surface area (Å²) in [5, 5.41) is 4.19. The SMILES string of the molecule is CCOC(=O)C1(C)C=C(Nc2ccc(Cl)cc2)C(=O)N1c1ccc(Cl)cc1. The maximum atomic E-state index is 13.1. The number of ether oxygens (including phenoxy) is 1. The van der Waals surface area contributed by atoms with E-state index in [9.17, 15) is 9.59 Å². The van der Waals surface area contributed by atoms with Crippen LogP contribution in [0, 0.1) is 0 Å². The summed E-state index contributed by atoms with van der Waals surface area (Å²) in [5.41, 5.74) is 0.227. The van der Waals surface area contributed by atoms with Crippen LogP contribution in [0.15, 0.2) is 60.3 Å². The standard InChI is InChI=1S/C20H18Cl2N2O3/c1-3-27-19(26)20(2)12-17(23-15-8-4-13(21)5-9-15)18(25)24(20)16-10-6-14(22)7-11-16/h4-12,23H,3H2,1-2H3. The number of anilines is 2. The van der Waals surface area contributed by atoms with Crippen molar-refractivity contribution in [2.75, 3.05) is 16.8 Å². The van der Waals surface area contributed by atoms with Crippen LogP contribution in [0.4, 0.5) is 11.4 Å². The van der Waals surface area contributed by atoms with Crippen molar-refractivity contribution in [3.8, 4) is 0 Å². The van der Waals surface area contributed by atoms with Crippen LogP contribution in [0.2, 0.25) is 10.0 Å². The molecule has 5 nitrogen and oxygen atoms in total. The number of amides is 1. The van der Waals surface area contributed by atoms with Crippen molar-refractivity contribution >= 4 is 46.5 Å². The first-order chi connectivity index (χ1) is 12.8. The molecule has 1 amide bonds. The number of benzene rings is 2. The van der Waals surface area contributed by atoms with Crippen LogP contribution in [-0.2, 0) is 14.3 Å². The quantitative estimate of drug-likeness (QED) is 0.736. The summed E-state index contributed by atoms with van der Waals surface area (Å²) in [6, 6.07) is 13.7. The number of hydrogen-bond acceptors (Lipinski definition) is 4. The predicted octanol–water partition coefficient (Wildman–Crippen LogP) is 4.66. The summed E-state index contributed by atoms with van der Waals surface area (Å²) in [4.78, 5) is 27.2. The molecule has 0 fully saturated rings. The number of nitrogens with zero attached hydrogens (tertiary/aromatic N) is 1. The third-order valence-electron chi connectivity index (χ3n) is 4.22. The van der Waals surface area contributed by atoms with E-state index < -0.39 is 11.5 Å². The molecule has 0 aromatic heterocycles. The first-order valence-electron chi connectivity index (χ1n) is 8.38. The van der Waals surface area contributed by atoms with Gasteiger partial charge in [-0.15, -0.1) is 0 Å². The molecule has 0 saturated heterocycles. The fourth-order valence-electron chi connectivity index (χ4n) is 2.92. The van der Waals surface area contributed by atoms with Crippen molar-refractivity contribution < 1.29 is 14.3 Å². The van der Waals surface area contributed by atoms with Crippen molar-refractivity contribution in [3.05, 3.63) is 70.3 Å². The highest BCUT2D eigenvalue weighted by atomic mass is 35.5. The molecule has 27 heavy (non-hydrogen) atoms. The van der Waals surface area contributed by atoms with Gasteiger partial charge in [-0.1, -0.05) is 23.2 Å². The largest absolute Gasteiger partial charge is 0.464 e. The molecule has 0 aliphatic carbocycles. The Morgan fingerprint density at radius 2 is 1.63 bits per heavy atom. The van der Waals surface area contributed by atoms with Crippen LogP contribution in [0.3, 0.4) is 0 Å². The monoisotopic (exact) mass is 404 g/mol. The van der Waals surface area contributed by atoms with Crippen molar-refractivity contribution in [1.82, 2.24) is 0 Å². The van der Waals surface area contributed by atoms with E-state index in [1.54, 1.807) is 68.5 Å². The molecule has 0 bridgehead atoms. The molecular formula is C20H18Cl2N2O3. The van der Waals surface area contributed by atoms with Crippen LogP contribution in [0.5, 0.6) is 0 Å². The second-order valence-electron chi connectivity index (χ2n) is 6.17. The summed E-state index contributed by atoms with van der Waals surface area (Å²) in [7, 11) is 0. The molecule has 1 aliphatic heterocycles. The van der Waals surface area contributed by atoms with Crippen LogP contribution >= 0.6 is 23.2 Å². The Labute approximate surface area is 167 Å². The van der Waals surface area contributed by atoms with Crippen LogP contribution in [0.25, 0.3) is 0 Å². The van der Waals surface area contributed by atoms with Gasteiger partial charge in [-0.3, -0.25) is 9.69 Å². The van der Waals surface area contributed by atoms with E-state index >= 15 is 0 Å². The lowest BCUT2D eigenvalue weighted by Crippen LogP contribution is -2.51. The van der Waals surface area contributed by atoms with Gasteiger partial charge in [-0.05, 0) is 68.5 Å². The van der Waals surface area contributed by atoms with Crippen LogP contribution < -0.4 is 10.2 Å². The van der Waals surface area contributed by atoms with E-state index in [4.69, 9.17) is 27.9 Å². The summed E-state index contributed by atoms with van der Waals surface area (Å²) < 4.78 is 5.22. The van der Waals surface area contributed by atoms with E-state index in [0.717, 1.165) is 0 Å². The lowest BCUT2D eigenvalue weighted by atomic mass is 10.0. The normalized spacial score (nSPS) is 19.0. The van der Waals surface area contributed by atoms with Gasteiger partial charge in [0, 0.05) is 21.4 Å². The van der Waals surface area contributed by atoms with Gasteiger partial charge in [-0.2, -0.15) is 0 Å². The molecule has 3 rings (SSSR count). The number of nitrogens with one attached hydrogen (secondary N) is 1. The van der Waals surface area contributed by atoms with Crippen molar-refractivity contribution in [3.63, 3.8) is 0 Å². The van der Waals surface area contributed by atoms with Gasteiger partial charge in [0.2, 0.25) is 0 Å². The van der Waals surface area contributed by atoms with E-state index in [2.05, 4.69) is 5.32 Å². The third-order valence-corrected chi connectivity index (χ3v) is 4.72. The molecule has 1 unspecified atom stereocenters. The van der Waals surface area contributed by atoms with Gasteiger partial charge >= 0.3 is 5.97 Å². The average Bonchev–Trinajstić information content (AvgIpc) is 2.90. The minimum Gasteiger partial charge on any atom is -0.464 e.